The standard InChI is InChI=1S/C40H53N3/c1-8-35-31-38(41(9-2)10-3)29-27-36(35)21-17-15-19-33-23-25-34(26-24-33)20-16-18-22-37-28-30-39(42(11-4)12-5)32-40(37)43(13-6)14-7/h15-32H,8-14H2,1-7H3. The summed E-state index contributed by atoms with van der Waals surface area (Å²) in [4.78, 5) is 7.24. The van der Waals surface area contributed by atoms with E-state index in [0.717, 1.165) is 45.7 Å². The quantitative estimate of drug-likeness (QED) is 0.157. The molecule has 0 atom stereocenters. The fraction of sp³-hybridized carbons (Fsp3) is 0.350. The minimum Gasteiger partial charge on any atom is -0.372 e. The minimum absolute atomic E-state index is 0.995. The van der Waals surface area contributed by atoms with Crippen LogP contribution >= 0.6 is 0 Å². The van der Waals surface area contributed by atoms with Gasteiger partial charge in [-0.2, -0.15) is 0 Å². The van der Waals surface area contributed by atoms with Crippen LogP contribution in [0, 0.1) is 0 Å². The van der Waals surface area contributed by atoms with Gasteiger partial charge in [0, 0.05) is 56.3 Å². The number of anilines is 3. The highest BCUT2D eigenvalue weighted by Crippen LogP contribution is 2.28. The molecule has 3 aromatic carbocycles. The van der Waals surface area contributed by atoms with Crippen molar-refractivity contribution in [2.24, 2.45) is 0 Å². The molecule has 0 fully saturated rings. The van der Waals surface area contributed by atoms with Gasteiger partial charge in [-0.1, -0.05) is 91.9 Å². The lowest BCUT2D eigenvalue weighted by molar-refractivity contribution is 0.851. The second-order valence-corrected chi connectivity index (χ2v) is 10.6. The average molecular weight is 576 g/mol. The molecule has 0 aromatic heterocycles. The Morgan fingerprint density at radius 1 is 0.442 bits per heavy atom. The van der Waals surface area contributed by atoms with E-state index in [2.05, 4.69) is 172 Å². The maximum atomic E-state index is 2.43. The zero-order valence-electron chi connectivity index (χ0n) is 27.7. The second kappa shape index (κ2) is 17.9. The smallest absolute Gasteiger partial charge is 0.0460 e. The third-order valence-corrected chi connectivity index (χ3v) is 8.17. The molecule has 0 amide bonds. The van der Waals surface area contributed by atoms with Crippen molar-refractivity contribution in [2.45, 2.75) is 54.9 Å². The van der Waals surface area contributed by atoms with Crippen LogP contribution < -0.4 is 14.7 Å². The Hall–Kier alpha value is -3.98. The molecule has 0 saturated heterocycles. The van der Waals surface area contributed by atoms with Crippen molar-refractivity contribution >= 4 is 41.4 Å². The number of nitrogens with zero attached hydrogens (tertiary/aromatic N) is 3. The van der Waals surface area contributed by atoms with Crippen LogP contribution in [0.15, 0.2) is 85.0 Å². The van der Waals surface area contributed by atoms with Gasteiger partial charge in [-0.05, 0) is 100 Å². The van der Waals surface area contributed by atoms with Gasteiger partial charge in [0.05, 0.1) is 0 Å². The molecule has 0 aliphatic heterocycles. The number of rotatable bonds is 16. The fourth-order valence-corrected chi connectivity index (χ4v) is 5.51. The van der Waals surface area contributed by atoms with E-state index < -0.39 is 0 Å². The molecular weight excluding hydrogens is 522 g/mol. The molecule has 0 aliphatic rings. The first-order valence-corrected chi connectivity index (χ1v) is 16.3. The van der Waals surface area contributed by atoms with E-state index in [1.54, 1.807) is 0 Å². The minimum atomic E-state index is 0.995. The second-order valence-electron chi connectivity index (χ2n) is 10.6. The first-order valence-electron chi connectivity index (χ1n) is 16.3. The zero-order chi connectivity index (χ0) is 31.0. The summed E-state index contributed by atoms with van der Waals surface area (Å²) in [7, 11) is 0. The first-order chi connectivity index (χ1) is 21.0. The highest BCUT2D eigenvalue weighted by molar-refractivity contribution is 5.74. The Kier molecular flexibility index (Phi) is 13.9. The van der Waals surface area contributed by atoms with Gasteiger partial charge in [0.25, 0.3) is 0 Å². The van der Waals surface area contributed by atoms with Crippen molar-refractivity contribution in [2.75, 3.05) is 54.0 Å². The lowest BCUT2D eigenvalue weighted by Crippen LogP contribution is -2.25. The maximum Gasteiger partial charge on any atom is 0.0460 e. The first kappa shape index (κ1) is 33.5. The molecule has 3 rings (SSSR count). The van der Waals surface area contributed by atoms with E-state index >= 15 is 0 Å². The normalized spacial score (nSPS) is 11.9. The topological polar surface area (TPSA) is 9.72 Å². The Morgan fingerprint density at radius 3 is 1.33 bits per heavy atom. The summed E-state index contributed by atoms with van der Waals surface area (Å²) >= 11 is 0. The SMILES string of the molecule is CCc1cc(N(CC)CC)ccc1C=CC=Cc1ccc(C=CC=Cc2ccc(N(CC)CC)cc2N(CC)CC)cc1. The summed E-state index contributed by atoms with van der Waals surface area (Å²) in [5.41, 5.74) is 10.2. The Bertz CT molecular complexity index is 1370. The highest BCUT2D eigenvalue weighted by atomic mass is 15.1. The largest absolute Gasteiger partial charge is 0.372 e. The van der Waals surface area contributed by atoms with Gasteiger partial charge < -0.3 is 14.7 Å². The molecule has 3 nitrogen and oxygen atoms in total. The van der Waals surface area contributed by atoms with Gasteiger partial charge in [0.2, 0.25) is 0 Å². The van der Waals surface area contributed by atoms with E-state index in [9.17, 15) is 0 Å². The van der Waals surface area contributed by atoms with Crippen LogP contribution in [0.2, 0.25) is 0 Å². The third-order valence-electron chi connectivity index (χ3n) is 8.17. The number of allylic oxidation sites excluding steroid dienone is 4. The lowest BCUT2D eigenvalue weighted by atomic mass is 10.0. The summed E-state index contributed by atoms with van der Waals surface area (Å²) in [6, 6.07) is 22.4. The summed E-state index contributed by atoms with van der Waals surface area (Å²) in [6.45, 7) is 21.6. The summed E-state index contributed by atoms with van der Waals surface area (Å²) in [6.07, 6.45) is 18.4. The van der Waals surface area contributed by atoms with E-state index in [4.69, 9.17) is 0 Å². The number of hydrogen-bond acceptors (Lipinski definition) is 3. The van der Waals surface area contributed by atoms with Crippen molar-refractivity contribution in [1.82, 2.24) is 0 Å². The Morgan fingerprint density at radius 2 is 0.860 bits per heavy atom. The molecule has 0 saturated carbocycles. The molecule has 0 unspecified atom stereocenters. The molecule has 43 heavy (non-hydrogen) atoms. The van der Waals surface area contributed by atoms with Crippen molar-refractivity contribution in [1.29, 1.82) is 0 Å². The van der Waals surface area contributed by atoms with E-state index in [0.29, 0.717) is 0 Å². The summed E-state index contributed by atoms with van der Waals surface area (Å²) in [5.74, 6) is 0. The van der Waals surface area contributed by atoms with Crippen LogP contribution in [0.5, 0.6) is 0 Å². The Balaban J connectivity index is 1.65. The summed E-state index contributed by atoms with van der Waals surface area (Å²) in [5, 5.41) is 0. The van der Waals surface area contributed by atoms with E-state index in [1.165, 1.54) is 44.9 Å². The summed E-state index contributed by atoms with van der Waals surface area (Å²) < 4.78 is 0. The molecule has 0 heterocycles. The highest BCUT2D eigenvalue weighted by Gasteiger charge is 2.10. The fourth-order valence-electron chi connectivity index (χ4n) is 5.51. The van der Waals surface area contributed by atoms with Gasteiger partial charge in [-0.25, -0.2) is 0 Å². The molecule has 0 spiro atoms. The van der Waals surface area contributed by atoms with Crippen LogP contribution in [0.3, 0.4) is 0 Å². The van der Waals surface area contributed by atoms with Crippen molar-refractivity contribution in [3.8, 4) is 0 Å². The van der Waals surface area contributed by atoms with Gasteiger partial charge in [0.1, 0.15) is 0 Å². The number of hydrogen-bond donors (Lipinski definition) is 0. The van der Waals surface area contributed by atoms with Crippen LogP contribution in [0.25, 0.3) is 24.3 Å². The van der Waals surface area contributed by atoms with E-state index in [1.807, 2.05) is 0 Å². The predicted molar refractivity (Wildman–Crippen MR) is 196 cm³/mol. The molecular formula is C40H53N3. The number of benzene rings is 3. The number of aryl methyl sites for hydroxylation is 1. The van der Waals surface area contributed by atoms with Gasteiger partial charge in [0.15, 0.2) is 0 Å². The van der Waals surface area contributed by atoms with Gasteiger partial charge in [-0.3, -0.25) is 0 Å². The van der Waals surface area contributed by atoms with Crippen LogP contribution in [0.4, 0.5) is 17.1 Å². The van der Waals surface area contributed by atoms with Crippen molar-refractivity contribution < 1.29 is 0 Å². The molecule has 0 radical (unpaired) electrons. The molecule has 0 aliphatic carbocycles. The van der Waals surface area contributed by atoms with Gasteiger partial charge in [-0.15, -0.1) is 0 Å². The predicted octanol–water partition coefficient (Wildman–Crippen LogP) is 10.2. The molecule has 0 N–H and O–H groups in total. The monoisotopic (exact) mass is 575 g/mol. The van der Waals surface area contributed by atoms with Crippen LogP contribution in [0.1, 0.15) is 76.3 Å². The van der Waals surface area contributed by atoms with Gasteiger partial charge >= 0.3 is 0 Å². The average Bonchev–Trinajstić information content (AvgIpc) is 3.04. The zero-order valence-corrected chi connectivity index (χ0v) is 27.7. The van der Waals surface area contributed by atoms with Crippen LogP contribution in [-0.2, 0) is 6.42 Å². The van der Waals surface area contributed by atoms with Crippen molar-refractivity contribution in [3.63, 3.8) is 0 Å². The third kappa shape index (κ3) is 9.51. The molecule has 228 valence electrons. The molecule has 3 heteroatoms. The maximum absolute atomic E-state index is 2.43. The van der Waals surface area contributed by atoms with Crippen molar-refractivity contribution in [3.05, 3.63) is 113 Å². The molecule has 3 aromatic rings. The molecule has 0 bridgehead atoms. The lowest BCUT2D eigenvalue weighted by Gasteiger charge is -2.27. The van der Waals surface area contributed by atoms with E-state index in [-0.39, 0.29) is 0 Å². The Labute approximate surface area is 262 Å². The van der Waals surface area contributed by atoms with Crippen LogP contribution in [-0.4, -0.2) is 39.3 Å².